The van der Waals surface area contributed by atoms with Gasteiger partial charge >= 0.3 is 5.97 Å². The summed E-state index contributed by atoms with van der Waals surface area (Å²) in [5.41, 5.74) is -0.0646. The van der Waals surface area contributed by atoms with Crippen LogP contribution in [0.1, 0.15) is 99.3 Å². The van der Waals surface area contributed by atoms with Crippen LogP contribution in [0.5, 0.6) is 0 Å². The SMILES string of the molecule is C=C(C)[C@@H]1CC[C@]2(C(=O)O)CC[C@]3(C)[C@H](CC[C@@H]4[C@@](C)(CC#N)[C@H](C(C)(C)C=O)CC[C@]43C)[C@@H]12. The lowest BCUT2D eigenvalue weighted by Crippen LogP contribution is -2.65. The molecular weight excluding hydrogens is 422 g/mol. The van der Waals surface area contributed by atoms with Crippen LogP contribution in [-0.4, -0.2) is 17.4 Å². The van der Waals surface area contributed by atoms with E-state index in [2.05, 4.69) is 40.3 Å². The molecule has 0 spiro atoms. The number of aliphatic carboxylic acids is 1. The largest absolute Gasteiger partial charge is 0.481 e. The molecule has 0 amide bonds. The number of rotatable bonds is 5. The van der Waals surface area contributed by atoms with E-state index in [1.165, 1.54) is 0 Å². The van der Waals surface area contributed by atoms with Crippen molar-refractivity contribution < 1.29 is 14.7 Å². The fourth-order valence-corrected chi connectivity index (χ4v) is 10.6. The van der Waals surface area contributed by atoms with Crippen molar-refractivity contribution in [3.63, 3.8) is 0 Å². The first-order valence-corrected chi connectivity index (χ1v) is 13.5. The highest BCUT2D eigenvalue weighted by Crippen LogP contribution is 2.76. The average molecular weight is 468 g/mol. The zero-order valence-corrected chi connectivity index (χ0v) is 22.2. The van der Waals surface area contributed by atoms with Gasteiger partial charge in [-0.25, -0.2) is 0 Å². The Morgan fingerprint density at radius 3 is 2.32 bits per heavy atom. The number of nitriles is 1. The Hall–Kier alpha value is -1.63. The summed E-state index contributed by atoms with van der Waals surface area (Å²) in [6.45, 7) is 17.7. The van der Waals surface area contributed by atoms with E-state index in [1.807, 2.05) is 13.8 Å². The summed E-state index contributed by atoms with van der Waals surface area (Å²) < 4.78 is 0. The molecule has 0 saturated heterocycles. The molecule has 0 heterocycles. The van der Waals surface area contributed by atoms with Gasteiger partial charge < -0.3 is 9.90 Å². The molecule has 0 radical (unpaired) electrons. The van der Waals surface area contributed by atoms with Crippen LogP contribution in [0, 0.1) is 68.0 Å². The number of carboxylic acid groups (broad SMARTS) is 1. The van der Waals surface area contributed by atoms with Gasteiger partial charge in [-0.2, -0.15) is 5.26 Å². The summed E-state index contributed by atoms with van der Waals surface area (Å²) in [6.07, 6.45) is 9.07. The molecule has 4 heteroatoms. The molecule has 0 aliphatic heterocycles. The zero-order valence-electron chi connectivity index (χ0n) is 22.2. The molecule has 1 N–H and O–H groups in total. The highest BCUT2D eigenvalue weighted by molar-refractivity contribution is 5.76. The smallest absolute Gasteiger partial charge is 0.309 e. The summed E-state index contributed by atoms with van der Waals surface area (Å²) in [4.78, 5) is 24.9. The van der Waals surface area contributed by atoms with Gasteiger partial charge in [0, 0.05) is 11.8 Å². The standard InChI is InChI=1S/C30H45NO3/c1-19(2)20-10-13-30(25(33)34)15-14-28(6)21(24(20)30)8-9-23-27(5,16-17-31)22(26(3,4)18-32)11-12-29(23,28)7/h18,20-24H,1,8-16H2,2-7H3,(H,33,34)/t20-,21+,22-,23+,24+,27-,28+,29+,30-/m0/s1. The summed E-state index contributed by atoms with van der Waals surface area (Å²) >= 11 is 0. The lowest BCUT2D eigenvalue weighted by atomic mass is 9.33. The van der Waals surface area contributed by atoms with Crippen LogP contribution < -0.4 is 0 Å². The van der Waals surface area contributed by atoms with Crippen LogP contribution >= 0.6 is 0 Å². The molecule has 4 saturated carbocycles. The van der Waals surface area contributed by atoms with Crippen LogP contribution in [0.2, 0.25) is 0 Å². The lowest BCUT2D eigenvalue weighted by Gasteiger charge is -2.71. The molecule has 0 unspecified atom stereocenters. The second-order valence-electron chi connectivity index (χ2n) is 13.9. The van der Waals surface area contributed by atoms with Gasteiger partial charge in [0.05, 0.1) is 11.5 Å². The second kappa shape index (κ2) is 7.94. The fraction of sp³-hybridized carbons (Fsp3) is 0.833. The van der Waals surface area contributed by atoms with Gasteiger partial charge in [-0.15, -0.1) is 0 Å². The normalized spacial score (nSPS) is 48.1. The monoisotopic (exact) mass is 467 g/mol. The Kier molecular flexibility index (Phi) is 5.95. The predicted octanol–water partition coefficient (Wildman–Crippen LogP) is 7.05. The van der Waals surface area contributed by atoms with E-state index in [0.717, 1.165) is 63.2 Å². The maximum absolute atomic E-state index is 12.7. The van der Waals surface area contributed by atoms with Gasteiger partial charge in [0.15, 0.2) is 0 Å². The first kappa shape index (κ1) is 25.5. The van der Waals surface area contributed by atoms with Gasteiger partial charge in [0.2, 0.25) is 0 Å². The van der Waals surface area contributed by atoms with Gasteiger partial charge in [-0.05, 0) is 104 Å². The highest BCUT2D eigenvalue weighted by Gasteiger charge is 2.71. The highest BCUT2D eigenvalue weighted by atomic mass is 16.4. The van der Waals surface area contributed by atoms with Gasteiger partial charge in [-0.1, -0.05) is 46.8 Å². The van der Waals surface area contributed by atoms with E-state index >= 15 is 0 Å². The van der Waals surface area contributed by atoms with Crippen LogP contribution in [0.4, 0.5) is 0 Å². The number of hydrogen-bond acceptors (Lipinski definition) is 3. The molecule has 4 nitrogen and oxygen atoms in total. The Morgan fingerprint density at radius 2 is 1.76 bits per heavy atom. The molecule has 34 heavy (non-hydrogen) atoms. The van der Waals surface area contributed by atoms with Crippen molar-refractivity contribution in [1.82, 2.24) is 0 Å². The fourth-order valence-electron chi connectivity index (χ4n) is 10.6. The summed E-state index contributed by atoms with van der Waals surface area (Å²) in [5, 5.41) is 20.4. The van der Waals surface area contributed by atoms with Crippen molar-refractivity contribution in [3.8, 4) is 6.07 Å². The Bertz CT molecular complexity index is 932. The van der Waals surface area contributed by atoms with Gasteiger partial charge in [-0.3, -0.25) is 4.79 Å². The van der Waals surface area contributed by atoms with Gasteiger partial charge in [0.25, 0.3) is 0 Å². The number of carboxylic acids is 1. The third-order valence-electron chi connectivity index (χ3n) is 12.4. The van der Waals surface area contributed by atoms with Crippen molar-refractivity contribution in [1.29, 1.82) is 5.26 Å². The van der Waals surface area contributed by atoms with Crippen LogP contribution in [0.25, 0.3) is 0 Å². The van der Waals surface area contributed by atoms with E-state index in [4.69, 9.17) is 0 Å². The summed E-state index contributed by atoms with van der Waals surface area (Å²) in [6, 6.07) is 2.51. The molecule has 0 aromatic carbocycles. The minimum atomic E-state index is -0.607. The maximum atomic E-state index is 12.7. The molecular formula is C30H45NO3. The Balaban J connectivity index is 1.81. The van der Waals surface area contributed by atoms with E-state index < -0.39 is 16.8 Å². The molecule has 4 aliphatic carbocycles. The molecule has 0 aromatic rings. The van der Waals surface area contributed by atoms with Crippen molar-refractivity contribution in [3.05, 3.63) is 12.2 Å². The zero-order chi connectivity index (χ0) is 25.3. The molecule has 4 aliphatic rings. The molecule has 188 valence electrons. The molecule has 0 bridgehead atoms. The number of hydrogen-bond donors (Lipinski definition) is 1. The first-order chi connectivity index (χ1) is 15.7. The predicted molar refractivity (Wildman–Crippen MR) is 134 cm³/mol. The topological polar surface area (TPSA) is 78.2 Å². The maximum Gasteiger partial charge on any atom is 0.309 e. The second-order valence-corrected chi connectivity index (χ2v) is 13.9. The third-order valence-corrected chi connectivity index (χ3v) is 12.4. The number of fused-ring (bicyclic) bond motifs is 5. The Labute approximate surface area is 206 Å². The van der Waals surface area contributed by atoms with E-state index in [-0.39, 0.29) is 34.0 Å². The van der Waals surface area contributed by atoms with Crippen LogP contribution in [0.3, 0.4) is 0 Å². The molecule has 0 aromatic heterocycles. The van der Waals surface area contributed by atoms with Crippen molar-refractivity contribution in [2.75, 3.05) is 0 Å². The summed E-state index contributed by atoms with van der Waals surface area (Å²) in [5.74, 6) is 0.765. The number of nitrogens with zero attached hydrogens (tertiary/aromatic N) is 1. The quantitative estimate of drug-likeness (QED) is 0.347. The Morgan fingerprint density at radius 1 is 1.09 bits per heavy atom. The van der Waals surface area contributed by atoms with Crippen molar-refractivity contribution in [2.24, 2.45) is 56.7 Å². The number of allylic oxidation sites excluding steroid dienone is 1. The summed E-state index contributed by atoms with van der Waals surface area (Å²) in [7, 11) is 0. The molecule has 4 fully saturated rings. The lowest BCUT2D eigenvalue weighted by molar-refractivity contribution is -0.227. The van der Waals surface area contributed by atoms with Crippen LogP contribution in [0.15, 0.2) is 12.2 Å². The average Bonchev–Trinajstić information content (AvgIpc) is 3.16. The molecule has 4 rings (SSSR count). The molecule has 9 atom stereocenters. The van der Waals surface area contributed by atoms with E-state index in [1.54, 1.807) is 0 Å². The number of carbonyl (C=O) groups excluding carboxylic acids is 1. The van der Waals surface area contributed by atoms with Crippen LogP contribution in [-0.2, 0) is 9.59 Å². The first-order valence-electron chi connectivity index (χ1n) is 13.5. The van der Waals surface area contributed by atoms with E-state index in [9.17, 15) is 20.0 Å². The van der Waals surface area contributed by atoms with Gasteiger partial charge in [0.1, 0.15) is 6.29 Å². The van der Waals surface area contributed by atoms with E-state index in [0.29, 0.717) is 18.3 Å². The van der Waals surface area contributed by atoms with Crippen molar-refractivity contribution >= 4 is 12.3 Å². The number of carbonyl (C=O) groups is 2. The third kappa shape index (κ3) is 3.07. The minimum absolute atomic E-state index is 0.0316. The number of aldehydes is 1. The van der Waals surface area contributed by atoms with Crippen molar-refractivity contribution in [2.45, 2.75) is 99.3 Å². The minimum Gasteiger partial charge on any atom is -0.481 e.